The van der Waals surface area contributed by atoms with Gasteiger partial charge in [-0.3, -0.25) is 0 Å². The smallest absolute Gasteiger partial charge is 0.142 e. The summed E-state index contributed by atoms with van der Waals surface area (Å²) in [5, 5.41) is 1.28. The number of ether oxygens (including phenoxy) is 1. The molecule has 1 aromatic heterocycles. The van der Waals surface area contributed by atoms with Crippen molar-refractivity contribution in [3.63, 3.8) is 0 Å². The summed E-state index contributed by atoms with van der Waals surface area (Å²) in [7, 11) is 0. The maximum Gasteiger partial charge on any atom is 0.142 e. The number of nitrogen functional groups attached to an aromatic ring is 1. The van der Waals surface area contributed by atoms with Gasteiger partial charge in [0.05, 0.1) is 18.8 Å². The Morgan fingerprint density at radius 1 is 1.41 bits per heavy atom. The molecule has 1 saturated heterocycles. The van der Waals surface area contributed by atoms with Gasteiger partial charge < -0.3 is 15.4 Å². The summed E-state index contributed by atoms with van der Waals surface area (Å²) in [6.45, 7) is 6.07. The van der Waals surface area contributed by atoms with Crippen LogP contribution in [0.4, 0.5) is 10.8 Å². The lowest BCUT2D eigenvalue weighted by Gasteiger charge is -2.37. The molecule has 5 heteroatoms. The van der Waals surface area contributed by atoms with Crippen LogP contribution in [-0.2, 0) is 4.74 Å². The lowest BCUT2D eigenvalue weighted by atomic mass is 10.1. The number of hydrogen-bond donors (Lipinski definition) is 1. The number of nitrogens with two attached hydrogens (primary N) is 1. The second-order valence-electron chi connectivity index (χ2n) is 5.21. The molecule has 1 aromatic rings. The predicted octanol–water partition coefficient (Wildman–Crippen LogP) is 2.22. The molecular weight excluding hydrogens is 234 g/mol. The van der Waals surface area contributed by atoms with Crippen LogP contribution in [0.5, 0.6) is 0 Å². The van der Waals surface area contributed by atoms with Crippen molar-refractivity contribution >= 4 is 22.4 Å². The summed E-state index contributed by atoms with van der Waals surface area (Å²) < 4.78 is 10.0. The molecule has 1 aliphatic carbocycles. The fourth-order valence-corrected chi connectivity index (χ4v) is 3.46. The molecule has 4 nitrogen and oxygen atoms in total. The molecule has 2 N–H and O–H groups in total. The van der Waals surface area contributed by atoms with Gasteiger partial charge in [0, 0.05) is 12.1 Å². The van der Waals surface area contributed by atoms with Gasteiger partial charge in [-0.2, -0.15) is 4.37 Å². The molecule has 1 saturated carbocycles. The van der Waals surface area contributed by atoms with Crippen LogP contribution in [0.15, 0.2) is 0 Å². The van der Waals surface area contributed by atoms with Crippen molar-refractivity contribution in [2.75, 3.05) is 23.8 Å². The zero-order chi connectivity index (χ0) is 12.0. The van der Waals surface area contributed by atoms with Gasteiger partial charge >= 0.3 is 0 Å². The van der Waals surface area contributed by atoms with E-state index in [1.165, 1.54) is 23.4 Å². The van der Waals surface area contributed by atoms with Gasteiger partial charge in [0.15, 0.2) is 0 Å². The Morgan fingerprint density at radius 3 is 2.88 bits per heavy atom. The Bertz CT molecular complexity index is 416. The first kappa shape index (κ1) is 11.3. The molecule has 0 bridgehead atoms. The van der Waals surface area contributed by atoms with Crippen LogP contribution in [0, 0.1) is 0 Å². The topological polar surface area (TPSA) is 51.4 Å². The lowest BCUT2D eigenvalue weighted by Crippen LogP contribution is -2.47. The average molecular weight is 253 g/mol. The normalized spacial score (nSPS) is 29.6. The summed E-state index contributed by atoms with van der Waals surface area (Å²) in [6, 6.07) is 0.420. The molecule has 2 fully saturated rings. The van der Waals surface area contributed by atoms with Crippen LogP contribution < -0.4 is 10.6 Å². The third kappa shape index (κ3) is 2.02. The molecule has 0 aromatic carbocycles. The Kier molecular flexibility index (Phi) is 2.75. The second-order valence-corrected chi connectivity index (χ2v) is 5.96. The summed E-state index contributed by atoms with van der Waals surface area (Å²) in [6.07, 6.45) is 2.83. The van der Waals surface area contributed by atoms with Crippen molar-refractivity contribution in [2.45, 2.75) is 44.8 Å². The van der Waals surface area contributed by atoms with E-state index in [2.05, 4.69) is 23.1 Å². The molecule has 3 rings (SSSR count). The maximum atomic E-state index is 6.01. The fraction of sp³-hybridized carbons (Fsp3) is 0.750. The van der Waals surface area contributed by atoms with Gasteiger partial charge in [-0.1, -0.05) is 0 Å². The zero-order valence-electron chi connectivity index (χ0n) is 10.3. The van der Waals surface area contributed by atoms with Crippen molar-refractivity contribution in [1.29, 1.82) is 0 Å². The molecule has 2 heterocycles. The Morgan fingerprint density at radius 2 is 2.18 bits per heavy atom. The first-order valence-electron chi connectivity index (χ1n) is 6.30. The first-order chi connectivity index (χ1) is 8.16. The minimum absolute atomic E-state index is 0.293. The van der Waals surface area contributed by atoms with Crippen LogP contribution >= 0.6 is 11.5 Å². The van der Waals surface area contributed by atoms with E-state index >= 15 is 0 Å². The van der Waals surface area contributed by atoms with E-state index < -0.39 is 0 Å². The fourth-order valence-electron chi connectivity index (χ4n) is 2.45. The minimum atomic E-state index is 0.293. The summed E-state index contributed by atoms with van der Waals surface area (Å²) >= 11 is 1.55. The minimum Gasteiger partial charge on any atom is -0.383 e. The highest BCUT2D eigenvalue weighted by Gasteiger charge is 2.35. The largest absolute Gasteiger partial charge is 0.383 e. The third-order valence-corrected chi connectivity index (χ3v) is 4.51. The highest BCUT2D eigenvalue weighted by atomic mass is 32.1. The van der Waals surface area contributed by atoms with Crippen molar-refractivity contribution < 1.29 is 4.74 Å². The molecule has 2 atom stereocenters. The van der Waals surface area contributed by atoms with Crippen molar-refractivity contribution in [3.8, 4) is 0 Å². The zero-order valence-corrected chi connectivity index (χ0v) is 11.2. The van der Waals surface area contributed by atoms with Crippen molar-refractivity contribution in [2.24, 2.45) is 0 Å². The van der Waals surface area contributed by atoms with E-state index in [1.54, 1.807) is 11.5 Å². The first-order valence-corrected chi connectivity index (χ1v) is 7.07. The Hall–Kier alpha value is -0.810. The molecular formula is C12H19N3OS. The van der Waals surface area contributed by atoms with E-state index in [1.807, 2.05) is 0 Å². The SMILES string of the molecule is CC1CN(c2snc(N)c2C2CC2)C(C)CO1. The number of nitrogens with zero attached hydrogens (tertiary/aromatic N) is 2. The molecule has 2 aliphatic rings. The van der Waals surface area contributed by atoms with Crippen molar-refractivity contribution in [1.82, 2.24) is 4.37 Å². The Balaban J connectivity index is 1.91. The van der Waals surface area contributed by atoms with E-state index in [-0.39, 0.29) is 0 Å². The molecule has 0 radical (unpaired) electrons. The molecule has 94 valence electrons. The van der Waals surface area contributed by atoms with Crippen molar-refractivity contribution in [3.05, 3.63) is 5.56 Å². The molecule has 2 unspecified atom stereocenters. The standard InChI is InChI=1S/C12H19N3OS/c1-7-6-16-8(2)5-15(7)12-10(9-3-4-9)11(13)14-17-12/h7-9H,3-6H2,1-2H3,(H2,13,14). The molecule has 0 amide bonds. The lowest BCUT2D eigenvalue weighted by molar-refractivity contribution is 0.0346. The second kappa shape index (κ2) is 4.14. The van der Waals surface area contributed by atoms with Gasteiger partial charge in [0.1, 0.15) is 10.8 Å². The van der Waals surface area contributed by atoms with E-state index in [4.69, 9.17) is 10.5 Å². The van der Waals surface area contributed by atoms with Gasteiger partial charge in [0.25, 0.3) is 0 Å². The maximum absolute atomic E-state index is 6.01. The van der Waals surface area contributed by atoms with Crippen LogP contribution in [0.25, 0.3) is 0 Å². The Labute approximate surface area is 106 Å². The average Bonchev–Trinajstić information content (AvgIpc) is 3.06. The van der Waals surface area contributed by atoms with Gasteiger partial charge in [-0.15, -0.1) is 0 Å². The van der Waals surface area contributed by atoms with E-state index in [0.29, 0.717) is 18.1 Å². The van der Waals surface area contributed by atoms with Crippen LogP contribution in [0.3, 0.4) is 0 Å². The number of aromatic nitrogens is 1. The predicted molar refractivity (Wildman–Crippen MR) is 70.7 cm³/mol. The van der Waals surface area contributed by atoms with Gasteiger partial charge in [0.2, 0.25) is 0 Å². The van der Waals surface area contributed by atoms with Gasteiger partial charge in [-0.25, -0.2) is 0 Å². The van der Waals surface area contributed by atoms with Crippen LogP contribution in [0.1, 0.15) is 38.2 Å². The van der Waals surface area contributed by atoms with Gasteiger partial charge in [-0.05, 0) is 44.1 Å². The highest BCUT2D eigenvalue weighted by molar-refractivity contribution is 7.10. The van der Waals surface area contributed by atoms with Crippen LogP contribution in [-0.4, -0.2) is 29.7 Å². The molecule has 17 heavy (non-hydrogen) atoms. The van der Waals surface area contributed by atoms with Crippen LogP contribution in [0.2, 0.25) is 0 Å². The number of morpholine rings is 1. The number of anilines is 2. The summed E-state index contributed by atoms with van der Waals surface area (Å²) in [5.74, 6) is 1.41. The molecule has 1 aliphatic heterocycles. The number of hydrogen-bond acceptors (Lipinski definition) is 5. The summed E-state index contributed by atoms with van der Waals surface area (Å²) in [5.41, 5.74) is 7.31. The quantitative estimate of drug-likeness (QED) is 0.878. The number of rotatable bonds is 2. The van der Waals surface area contributed by atoms with E-state index in [9.17, 15) is 0 Å². The third-order valence-electron chi connectivity index (χ3n) is 3.59. The monoisotopic (exact) mass is 253 g/mol. The van der Waals surface area contributed by atoms with E-state index in [0.717, 1.165) is 19.0 Å². The summed E-state index contributed by atoms with van der Waals surface area (Å²) in [4.78, 5) is 2.43. The highest BCUT2D eigenvalue weighted by Crippen LogP contribution is 2.49. The molecule has 0 spiro atoms.